The highest BCUT2D eigenvalue weighted by Gasteiger charge is 2.25. The summed E-state index contributed by atoms with van der Waals surface area (Å²) in [7, 11) is 0. The quantitative estimate of drug-likeness (QED) is 0.709. The molecule has 1 unspecified atom stereocenters. The van der Waals surface area contributed by atoms with Crippen molar-refractivity contribution in [2.24, 2.45) is 0 Å². The first kappa shape index (κ1) is 13.5. The zero-order chi connectivity index (χ0) is 12.0. The summed E-state index contributed by atoms with van der Waals surface area (Å²) in [4.78, 5) is 9.60. The van der Waals surface area contributed by atoms with Crippen LogP contribution >= 0.6 is 0 Å². The molecule has 2 fully saturated rings. The van der Waals surface area contributed by atoms with Gasteiger partial charge in [0.05, 0.1) is 0 Å². The topological polar surface area (TPSA) is 50.4 Å². The van der Waals surface area contributed by atoms with Gasteiger partial charge in [0, 0.05) is 18.6 Å². The predicted octanol–water partition coefficient (Wildman–Crippen LogP) is 1.06. The fraction of sp³-hybridized carbons (Fsp3) is 0.917. The molecule has 2 aliphatic rings. The molecule has 16 heavy (non-hydrogen) atoms. The first-order chi connectivity index (χ1) is 7.51. The van der Waals surface area contributed by atoms with Crippen LogP contribution in [-0.4, -0.2) is 37.2 Å². The maximum absolute atomic E-state index is 9.60. The van der Waals surface area contributed by atoms with Gasteiger partial charge in [0.1, 0.15) is 5.60 Å². The molecule has 0 spiro atoms. The largest absolute Gasteiger partial charge is 0.462 e. The minimum absolute atomic E-state index is 0.318. The van der Waals surface area contributed by atoms with Crippen molar-refractivity contribution in [2.75, 3.05) is 13.1 Å². The Morgan fingerprint density at radius 3 is 2.25 bits per heavy atom. The van der Waals surface area contributed by atoms with E-state index in [-0.39, 0.29) is 5.60 Å². The summed E-state index contributed by atoms with van der Waals surface area (Å²) in [6.45, 7) is 8.32. The minimum atomic E-state index is -0.318. The second-order valence-electron chi connectivity index (χ2n) is 5.46. The molecule has 0 aromatic heterocycles. The van der Waals surface area contributed by atoms with Gasteiger partial charge in [0.15, 0.2) is 0 Å². The Morgan fingerprint density at radius 1 is 1.25 bits per heavy atom. The smallest absolute Gasteiger partial charge is 0.293 e. The Bertz CT molecular complexity index is 204. The number of carbonyl (C=O) groups is 1. The van der Waals surface area contributed by atoms with Crippen molar-refractivity contribution < 1.29 is 9.53 Å². The van der Waals surface area contributed by atoms with Crippen molar-refractivity contribution in [3.63, 3.8) is 0 Å². The Kier molecular flexibility index (Phi) is 5.22. The van der Waals surface area contributed by atoms with Gasteiger partial charge in [-0.3, -0.25) is 4.79 Å². The Morgan fingerprint density at radius 2 is 1.94 bits per heavy atom. The highest BCUT2D eigenvalue weighted by Crippen LogP contribution is 2.20. The monoisotopic (exact) mass is 228 g/mol. The zero-order valence-electron chi connectivity index (χ0n) is 10.6. The van der Waals surface area contributed by atoms with Gasteiger partial charge >= 0.3 is 0 Å². The van der Waals surface area contributed by atoms with Crippen molar-refractivity contribution in [3.05, 3.63) is 0 Å². The Labute approximate surface area is 98.1 Å². The number of ether oxygens (including phenoxy) is 1. The first-order valence-electron chi connectivity index (χ1n) is 6.09. The molecule has 1 atom stereocenters. The van der Waals surface area contributed by atoms with Crippen molar-refractivity contribution in [1.82, 2.24) is 10.6 Å². The van der Waals surface area contributed by atoms with Crippen LogP contribution in [0.2, 0.25) is 0 Å². The van der Waals surface area contributed by atoms with Crippen LogP contribution in [0.5, 0.6) is 0 Å². The molecule has 4 nitrogen and oxygen atoms in total. The standard InChI is InChI=1S/C7H14N2.C5H10O2/c1-2-6(1)9-7-3-4-8-5-7;1-5(2,3)7-4-6/h6-9H,1-5H2;4H,1-3H3. The lowest BCUT2D eigenvalue weighted by atomic mass is 10.2. The fourth-order valence-corrected chi connectivity index (χ4v) is 1.52. The van der Waals surface area contributed by atoms with Gasteiger partial charge in [-0.1, -0.05) is 0 Å². The Balaban J connectivity index is 0.000000168. The van der Waals surface area contributed by atoms with Crippen molar-refractivity contribution in [3.8, 4) is 0 Å². The number of carbonyl (C=O) groups excluding carboxylic acids is 1. The van der Waals surface area contributed by atoms with E-state index >= 15 is 0 Å². The van der Waals surface area contributed by atoms with E-state index in [2.05, 4.69) is 15.4 Å². The van der Waals surface area contributed by atoms with Gasteiger partial charge in [0.2, 0.25) is 0 Å². The van der Waals surface area contributed by atoms with Crippen LogP contribution in [0, 0.1) is 0 Å². The van der Waals surface area contributed by atoms with Crippen LogP contribution in [0.4, 0.5) is 0 Å². The van der Waals surface area contributed by atoms with Crippen LogP contribution in [0.25, 0.3) is 0 Å². The molecule has 1 saturated carbocycles. The van der Waals surface area contributed by atoms with E-state index in [0.29, 0.717) is 6.47 Å². The molecule has 1 aliphatic carbocycles. The third kappa shape index (κ3) is 6.80. The molecule has 0 aromatic rings. The maximum Gasteiger partial charge on any atom is 0.293 e. The SMILES string of the molecule is C1CC(NC2CC2)CN1.CC(C)(C)OC=O. The lowest BCUT2D eigenvalue weighted by Crippen LogP contribution is -2.32. The second kappa shape index (κ2) is 6.21. The second-order valence-corrected chi connectivity index (χ2v) is 5.46. The van der Waals surface area contributed by atoms with Crippen LogP contribution < -0.4 is 10.6 Å². The Hall–Kier alpha value is -0.610. The summed E-state index contributed by atoms with van der Waals surface area (Å²) in [5, 5.41) is 6.93. The van der Waals surface area contributed by atoms with Crippen LogP contribution in [0.15, 0.2) is 0 Å². The molecule has 1 aliphatic heterocycles. The lowest BCUT2D eigenvalue weighted by molar-refractivity contribution is -0.138. The molecule has 1 saturated heterocycles. The predicted molar refractivity (Wildman–Crippen MR) is 64.3 cm³/mol. The summed E-state index contributed by atoms with van der Waals surface area (Å²) >= 11 is 0. The molecule has 0 aromatic carbocycles. The van der Waals surface area contributed by atoms with E-state index in [1.807, 2.05) is 20.8 Å². The van der Waals surface area contributed by atoms with E-state index in [1.54, 1.807) is 0 Å². The molecule has 0 bridgehead atoms. The summed E-state index contributed by atoms with van der Waals surface area (Å²) in [6.07, 6.45) is 4.16. The average molecular weight is 228 g/mol. The van der Waals surface area contributed by atoms with E-state index in [0.717, 1.165) is 12.1 Å². The van der Waals surface area contributed by atoms with E-state index in [4.69, 9.17) is 0 Å². The van der Waals surface area contributed by atoms with Gasteiger partial charge < -0.3 is 15.4 Å². The van der Waals surface area contributed by atoms with Gasteiger partial charge in [-0.15, -0.1) is 0 Å². The number of hydrogen-bond donors (Lipinski definition) is 2. The van der Waals surface area contributed by atoms with E-state index in [1.165, 1.54) is 32.4 Å². The molecule has 2 N–H and O–H groups in total. The maximum atomic E-state index is 9.60. The molecule has 2 rings (SSSR count). The van der Waals surface area contributed by atoms with Gasteiger partial charge in [0.25, 0.3) is 6.47 Å². The van der Waals surface area contributed by atoms with Crippen LogP contribution in [0.3, 0.4) is 0 Å². The lowest BCUT2D eigenvalue weighted by Gasteiger charge is -2.14. The summed E-state index contributed by atoms with van der Waals surface area (Å²) in [5.41, 5.74) is -0.318. The molecule has 0 radical (unpaired) electrons. The minimum Gasteiger partial charge on any atom is -0.462 e. The number of nitrogens with one attached hydrogen (secondary N) is 2. The normalized spacial score (nSPS) is 24.6. The summed E-state index contributed by atoms with van der Waals surface area (Å²) in [5.74, 6) is 0. The highest BCUT2D eigenvalue weighted by molar-refractivity contribution is 5.37. The van der Waals surface area contributed by atoms with Gasteiger partial charge in [-0.05, 0) is 46.6 Å². The molecular weight excluding hydrogens is 204 g/mol. The van der Waals surface area contributed by atoms with E-state index in [9.17, 15) is 4.79 Å². The molecule has 4 heteroatoms. The third-order valence-corrected chi connectivity index (χ3v) is 2.51. The summed E-state index contributed by atoms with van der Waals surface area (Å²) < 4.78 is 4.55. The summed E-state index contributed by atoms with van der Waals surface area (Å²) in [6, 6.07) is 1.67. The average Bonchev–Trinajstić information content (AvgIpc) is 2.79. The molecular formula is C12H24N2O2. The van der Waals surface area contributed by atoms with Gasteiger partial charge in [-0.2, -0.15) is 0 Å². The van der Waals surface area contributed by atoms with Gasteiger partial charge in [-0.25, -0.2) is 0 Å². The van der Waals surface area contributed by atoms with Crippen molar-refractivity contribution >= 4 is 6.47 Å². The highest BCUT2D eigenvalue weighted by atomic mass is 16.5. The fourth-order valence-electron chi connectivity index (χ4n) is 1.52. The zero-order valence-corrected chi connectivity index (χ0v) is 10.6. The molecule has 0 amide bonds. The molecule has 94 valence electrons. The first-order valence-corrected chi connectivity index (χ1v) is 6.09. The van der Waals surface area contributed by atoms with Crippen LogP contribution in [0.1, 0.15) is 40.0 Å². The van der Waals surface area contributed by atoms with Crippen molar-refractivity contribution in [2.45, 2.75) is 57.7 Å². The molecule has 1 heterocycles. The van der Waals surface area contributed by atoms with Crippen LogP contribution in [-0.2, 0) is 9.53 Å². The third-order valence-electron chi connectivity index (χ3n) is 2.51. The van der Waals surface area contributed by atoms with E-state index < -0.39 is 0 Å². The number of rotatable bonds is 3. The van der Waals surface area contributed by atoms with Crippen molar-refractivity contribution in [1.29, 1.82) is 0 Å². The number of hydrogen-bond acceptors (Lipinski definition) is 4.